The molecule has 20 heavy (non-hydrogen) atoms. The topological polar surface area (TPSA) is 15.3 Å². The van der Waals surface area contributed by atoms with Crippen molar-refractivity contribution in [3.8, 4) is 0 Å². The van der Waals surface area contributed by atoms with E-state index in [0.717, 1.165) is 12.6 Å². The molecule has 0 radical (unpaired) electrons. The number of aryl methyl sites for hydroxylation is 1. The van der Waals surface area contributed by atoms with Gasteiger partial charge in [0.05, 0.1) is 0 Å². The molecule has 2 unspecified atom stereocenters. The largest absolute Gasteiger partial charge is 0.368 e. The van der Waals surface area contributed by atoms with E-state index in [1.807, 2.05) is 0 Å². The van der Waals surface area contributed by atoms with Gasteiger partial charge in [0.25, 0.3) is 0 Å². The SMILES string of the molecule is CC(CNC1CC1)C(C)N1CCCCc2ccccc21. The molecule has 1 aliphatic carbocycles. The minimum atomic E-state index is 0.612. The van der Waals surface area contributed by atoms with E-state index in [-0.39, 0.29) is 0 Å². The number of nitrogens with one attached hydrogen (secondary N) is 1. The van der Waals surface area contributed by atoms with E-state index in [1.165, 1.54) is 44.3 Å². The summed E-state index contributed by atoms with van der Waals surface area (Å²) >= 11 is 0. The van der Waals surface area contributed by atoms with Gasteiger partial charge in [-0.1, -0.05) is 25.1 Å². The predicted octanol–water partition coefficient (Wildman–Crippen LogP) is 3.61. The summed E-state index contributed by atoms with van der Waals surface area (Å²) in [4.78, 5) is 2.65. The van der Waals surface area contributed by atoms with Crippen molar-refractivity contribution in [3.63, 3.8) is 0 Å². The van der Waals surface area contributed by atoms with Crippen molar-refractivity contribution in [3.05, 3.63) is 29.8 Å². The Morgan fingerprint density at radius 1 is 1.20 bits per heavy atom. The second kappa shape index (κ2) is 6.17. The molecule has 0 spiro atoms. The van der Waals surface area contributed by atoms with Crippen LogP contribution in [0.5, 0.6) is 0 Å². The second-order valence-corrected chi connectivity index (χ2v) is 6.68. The summed E-state index contributed by atoms with van der Waals surface area (Å²) in [5, 5.41) is 3.69. The van der Waals surface area contributed by atoms with Crippen molar-refractivity contribution in [1.82, 2.24) is 5.32 Å². The summed E-state index contributed by atoms with van der Waals surface area (Å²) in [6, 6.07) is 10.4. The van der Waals surface area contributed by atoms with Gasteiger partial charge in [-0.2, -0.15) is 0 Å². The third-order valence-electron chi connectivity index (χ3n) is 5.02. The van der Waals surface area contributed by atoms with Crippen LogP contribution in [-0.2, 0) is 6.42 Å². The fourth-order valence-corrected chi connectivity index (χ4v) is 3.26. The lowest BCUT2D eigenvalue weighted by Crippen LogP contribution is -2.42. The summed E-state index contributed by atoms with van der Waals surface area (Å²) in [6.07, 6.45) is 6.66. The van der Waals surface area contributed by atoms with Crippen LogP contribution in [0.2, 0.25) is 0 Å². The van der Waals surface area contributed by atoms with Gasteiger partial charge in [-0.25, -0.2) is 0 Å². The smallest absolute Gasteiger partial charge is 0.0401 e. The molecule has 0 bridgehead atoms. The normalized spacial score (nSPS) is 22.0. The first-order valence-electron chi connectivity index (χ1n) is 8.33. The van der Waals surface area contributed by atoms with Crippen LogP contribution in [0, 0.1) is 5.92 Å². The zero-order valence-corrected chi connectivity index (χ0v) is 12.9. The summed E-state index contributed by atoms with van der Waals surface area (Å²) in [5.41, 5.74) is 3.02. The molecule has 1 aliphatic heterocycles. The van der Waals surface area contributed by atoms with Gasteiger partial charge in [0.1, 0.15) is 0 Å². The molecule has 1 fully saturated rings. The fourth-order valence-electron chi connectivity index (χ4n) is 3.26. The number of nitrogens with zero attached hydrogens (tertiary/aromatic N) is 1. The van der Waals surface area contributed by atoms with Crippen molar-refractivity contribution in [1.29, 1.82) is 0 Å². The summed E-state index contributed by atoms with van der Waals surface area (Å²) in [6.45, 7) is 7.17. The van der Waals surface area contributed by atoms with Crippen LogP contribution in [-0.4, -0.2) is 25.2 Å². The Morgan fingerprint density at radius 2 is 2.00 bits per heavy atom. The highest BCUT2D eigenvalue weighted by atomic mass is 15.2. The van der Waals surface area contributed by atoms with Gasteiger partial charge >= 0.3 is 0 Å². The molecular weight excluding hydrogens is 244 g/mol. The lowest BCUT2D eigenvalue weighted by atomic mass is 10.00. The number of anilines is 1. The summed E-state index contributed by atoms with van der Waals surface area (Å²) in [7, 11) is 0. The van der Waals surface area contributed by atoms with Gasteiger partial charge in [-0.15, -0.1) is 0 Å². The van der Waals surface area contributed by atoms with Crippen molar-refractivity contribution in [2.75, 3.05) is 18.0 Å². The van der Waals surface area contributed by atoms with Crippen molar-refractivity contribution in [2.45, 2.75) is 58.0 Å². The molecule has 1 N–H and O–H groups in total. The molecule has 0 amide bonds. The van der Waals surface area contributed by atoms with E-state index in [1.54, 1.807) is 5.56 Å². The van der Waals surface area contributed by atoms with E-state index < -0.39 is 0 Å². The standard InChI is InChI=1S/C18H28N2/c1-14(13-19-17-10-11-17)15(2)20-12-6-5-8-16-7-3-4-9-18(16)20/h3-4,7,9,14-15,17,19H,5-6,8,10-13H2,1-2H3. The quantitative estimate of drug-likeness (QED) is 0.881. The summed E-state index contributed by atoms with van der Waals surface area (Å²) < 4.78 is 0. The molecule has 1 saturated carbocycles. The maximum absolute atomic E-state index is 3.69. The zero-order valence-electron chi connectivity index (χ0n) is 12.9. The lowest BCUT2D eigenvalue weighted by Gasteiger charge is -2.35. The fraction of sp³-hybridized carbons (Fsp3) is 0.667. The van der Waals surface area contributed by atoms with E-state index in [4.69, 9.17) is 0 Å². The molecule has 110 valence electrons. The van der Waals surface area contributed by atoms with Gasteiger partial charge < -0.3 is 10.2 Å². The average Bonchev–Trinajstić information content (AvgIpc) is 3.30. The highest BCUT2D eigenvalue weighted by Gasteiger charge is 2.26. The molecule has 2 aliphatic rings. The van der Waals surface area contributed by atoms with Gasteiger partial charge in [0.2, 0.25) is 0 Å². The predicted molar refractivity (Wildman–Crippen MR) is 86.4 cm³/mol. The molecular formula is C18H28N2. The maximum atomic E-state index is 3.69. The van der Waals surface area contributed by atoms with Crippen LogP contribution in [0.25, 0.3) is 0 Å². The maximum Gasteiger partial charge on any atom is 0.0401 e. The van der Waals surface area contributed by atoms with Crippen LogP contribution < -0.4 is 10.2 Å². The Bertz CT molecular complexity index is 439. The Balaban J connectivity index is 1.70. The molecule has 2 atom stereocenters. The van der Waals surface area contributed by atoms with E-state index >= 15 is 0 Å². The zero-order chi connectivity index (χ0) is 13.9. The number of benzene rings is 1. The van der Waals surface area contributed by atoms with Crippen molar-refractivity contribution >= 4 is 5.69 Å². The molecule has 1 heterocycles. The van der Waals surface area contributed by atoms with Crippen LogP contribution in [0.4, 0.5) is 5.69 Å². The Hall–Kier alpha value is -1.02. The molecule has 1 aromatic carbocycles. The first-order valence-corrected chi connectivity index (χ1v) is 8.33. The number of fused-ring (bicyclic) bond motifs is 1. The van der Waals surface area contributed by atoms with Gasteiger partial charge in [-0.3, -0.25) is 0 Å². The third-order valence-corrected chi connectivity index (χ3v) is 5.02. The van der Waals surface area contributed by atoms with Gasteiger partial charge in [-0.05, 0) is 63.1 Å². The van der Waals surface area contributed by atoms with E-state index in [9.17, 15) is 0 Å². The van der Waals surface area contributed by atoms with Crippen LogP contribution in [0.3, 0.4) is 0 Å². The monoisotopic (exact) mass is 272 g/mol. The van der Waals surface area contributed by atoms with E-state index in [2.05, 4.69) is 48.3 Å². The number of rotatable bonds is 5. The summed E-state index contributed by atoms with van der Waals surface area (Å²) in [5.74, 6) is 0.696. The van der Waals surface area contributed by atoms with E-state index in [0.29, 0.717) is 12.0 Å². The van der Waals surface area contributed by atoms with Crippen LogP contribution in [0.15, 0.2) is 24.3 Å². The number of para-hydroxylation sites is 1. The minimum Gasteiger partial charge on any atom is -0.368 e. The minimum absolute atomic E-state index is 0.612. The second-order valence-electron chi connectivity index (χ2n) is 6.68. The lowest BCUT2D eigenvalue weighted by molar-refractivity contribution is 0.418. The van der Waals surface area contributed by atoms with Gasteiger partial charge in [0.15, 0.2) is 0 Å². The molecule has 2 heteroatoms. The molecule has 1 aromatic rings. The van der Waals surface area contributed by atoms with Crippen LogP contribution >= 0.6 is 0 Å². The average molecular weight is 272 g/mol. The first kappa shape index (κ1) is 13.9. The molecule has 0 saturated heterocycles. The molecule has 0 aromatic heterocycles. The highest BCUT2D eigenvalue weighted by molar-refractivity contribution is 5.55. The number of hydrogen-bond donors (Lipinski definition) is 1. The Morgan fingerprint density at radius 3 is 2.80 bits per heavy atom. The molecule has 2 nitrogen and oxygen atoms in total. The Kier molecular flexibility index (Phi) is 4.30. The Labute approximate surface area is 123 Å². The highest BCUT2D eigenvalue weighted by Crippen LogP contribution is 2.29. The van der Waals surface area contributed by atoms with Crippen LogP contribution in [0.1, 0.15) is 45.1 Å². The first-order chi connectivity index (χ1) is 9.75. The number of hydrogen-bond acceptors (Lipinski definition) is 2. The van der Waals surface area contributed by atoms with Crippen molar-refractivity contribution < 1.29 is 0 Å². The van der Waals surface area contributed by atoms with Gasteiger partial charge in [0, 0.05) is 24.3 Å². The van der Waals surface area contributed by atoms with Crippen molar-refractivity contribution in [2.24, 2.45) is 5.92 Å². The molecule has 3 rings (SSSR count). The third kappa shape index (κ3) is 3.17.